The summed E-state index contributed by atoms with van der Waals surface area (Å²) in [4.78, 5) is 16.0. The number of alkyl halides is 3. The van der Waals surface area contributed by atoms with Gasteiger partial charge in [0.25, 0.3) is 0 Å². The molecule has 0 unspecified atom stereocenters. The van der Waals surface area contributed by atoms with Gasteiger partial charge >= 0.3 is 12.5 Å². The first-order chi connectivity index (χ1) is 12.4. The van der Waals surface area contributed by atoms with Crippen LogP contribution in [0.3, 0.4) is 0 Å². The number of rotatable bonds is 3. The van der Waals surface area contributed by atoms with Crippen LogP contribution in [0.15, 0.2) is 24.3 Å². The van der Waals surface area contributed by atoms with E-state index >= 15 is 0 Å². The van der Waals surface area contributed by atoms with Crippen molar-refractivity contribution in [1.82, 2.24) is 4.90 Å². The van der Waals surface area contributed by atoms with E-state index in [4.69, 9.17) is 4.74 Å². The smallest absolute Gasteiger partial charge is 0.444 e. The first-order valence-electron chi connectivity index (χ1n) is 8.92. The number of amides is 1. The Labute approximate surface area is 158 Å². The van der Waals surface area contributed by atoms with Crippen LogP contribution in [0.25, 0.3) is 0 Å². The fourth-order valence-electron chi connectivity index (χ4n) is 3.28. The van der Waals surface area contributed by atoms with E-state index < -0.39 is 12.0 Å². The summed E-state index contributed by atoms with van der Waals surface area (Å²) in [6, 6.07) is 5.99. The number of anilines is 1. The average molecular weight is 388 g/mol. The molecular formula is C19H27F3N2O3. The molecule has 1 amide bonds. The molecule has 0 bridgehead atoms. The predicted molar refractivity (Wildman–Crippen MR) is 96.9 cm³/mol. The predicted octanol–water partition coefficient (Wildman–Crippen LogP) is 4.67. The third kappa shape index (κ3) is 6.22. The van der Waals surface area contributed by atoms with Crippen molar-refractivity contribution in [2.45, 2.75) is 52.1 Å². The zero-order chi connectivity index (χ0) is 20.4. The minimum absolute atomic E-state index is 0.165. The quantitative estimate of drug-likeness (QED) is 0.755. The zero-order valence-corrected chi connectivity index (χ0v) is 16.3. The van der Waals surface area contributed by atoms with Crippen LogP contribution < -0.4 is 9.64 Å². The molecule has 0 saturated carbocycles. The minimum atomic E-state index is -4.70. The van der Waals surface area contributed by atoms with Crippen molar-refractivity contribution < 1.29 is 27.4 Å². The van der Waals surface area contributed by atoms with Crippen LogP contribution in [-0.4, -0.2) is 49.1 Å². The first kappa shape index (κ1) is 21.2. The SMILES string of the molecule is C[C@@H]1CN(C(=O)OC(C)(C)C)CC[C@@H]1N(C)c1ccc(OC(F)(F)F)cc1. The normalized spacial score (nSPS) is 21.0. The van der Waals surface area contributed by atoms with E-state index in [9.17, 15) is 18.0 Å². The summed E-state index contributed by atoms with van der Waals surface area (Å²) in [5, 5.41) is 0. The molecule has 27 heavy (non-hydrogen) atoms. The third-order valence-electron chi connectivity index (χ3n) is 4.49. The summed E-state index contributed by atoms with van der Waals surface area (Å²) >= 11 is 0. The monoisotopic (exact) mass is 388 g/mol. The molecule has 8 heteroatoms. The van der Waals surface area contributed by atoms with Gasteiger partial charge in [0.05, 0.1) is 0 Å². The summed E-state index contributed by atoms with van der Waals surface area (Å²) < 4.78 is 46.1. The minimum Gasteiger partial charge on any atom is -0.444 e. The van der Waals surface area contributed by atoms with Crippen molar-refractivity contribution in [3.8, 4) is 5.75 Å². The molecule has 0 aliphatic carbocycles. The molecular weight excluding hydrogens is 361 g/mol. The fraction of sp³-hybridized carbons (Fsp3) is 0.632. The van der Waals surface area contributed by atoms with E-state index in [1.54, 1.807) is 17.0 Å². The number of likely N-dealkylation sites (tertiary alicyclic amines) is 1. The van der Waals surface area contributed by atoms with Gasteiger partial charge in [-0.1, -0.05) is 6.92 Å². The second kappa shape index (κ2) is 7.86. The average Bonchev–Trinajstić information content (AvgIpc) is 2.51. The first-order valence-corrected chi connectivity index (χ1v) is 8.92. The van der Waals surface area contributed by atoms with Crippen LogP contribution in [0.4, 0.5) is 23.7 Å². The maximum atomic E-state index is 12.3. The Balaban J connectivity index is 1.98. The molecule has 1 aromatic rings. The van der Waals surface area contributed by atoms with Crippen LogP contribution in [0.5, 0.6) is 5.75 Å². The van der Waals surface area contributed by atoms with Gasteiger partial charge in [-0.3, -0.25) is 0 Å². The van der Waals surface area contributed by atoms with Gasteiger partial charge < -0.3 is 19.3 Å². The van der Waals surface area contributed by atoms with E-state index in [1.165, 1.54) is 12.1 Å². The van der Waals surface area contributed by atoms with Gasteiger partial charge in [-0.25, -0.2) is 4.79 Å². The number of ether oxygens (including phenoxy) is 2. The lowest BCUT2D eigenvalue weighted by molar-refractivity contribution is -0.274. The van der Waals surface area contributed by atoms with Crippen molar-refractivity contribution in [3.05, 3.63) is 24.3 Å². The number of hydrogen-bond donors (Lipinski definition) is 0. The largest absolute Gasteiger partial charge is 0.573 e. The number of hydrogen-bond acceptors (Lipinski definition) is 4. The van der Waals surface area contributed by atoms with Crippen LogP contribution in [0, 0.1) is 5.92 Å². The lowest BCUT2D eigenvalue weighted by atomic mass is 9.92. The van der Waals surface area contributed by atoms with Gasteiger partial charge in [-0.15, -0.1) is 13.2 Å². The van der Waals surface area contributed by atoms with Gasteiger partial charge in [0, 0.05) is 31.9 Å². The highest BCUT2D eigenvalue weighted by atomic mass is 19.4. The molecule has 0 spiro atoms. The van der Waals surface area contributed by atoms with E-state index in [0.717, 1.165) is 12.1 Å². The molecule has 1 saturated heterocycles. The molecule has 1 aliphatic rings. The fourth-order valence-corrected chi connectivity index (χ4v) is 3.28. The third-order valence-corrected chi connectivity index (χ3v) is 4.49. The molecule has 1 aromatic carbocycles. The van der Waals surface area contributed by atoms with Crippen LogP contribution in [0.2, 0.25) is 0 Å². The lowest BCUT2D eigenvalue weighted by Gasteiger charge is -2.42. The number of carbonyl (C=O) groups is 1. The highest BCUT2D eigenvalue weighted by molar-refractivity contribution is 5.68. The molecule has 152 valence electrons. The van der Waals surface area contributed by atoms with Crippen LogP contribution in [0.1, 0.15) is 34.1 Å². The number of carbonyl (C=O) groups excluding carboxylic acids is 1. The molecule has 1 aliphatic heterocycles. The molecule has 1 fully saturated rings. The van der Waals surface area contributed by atoms with Crippen molar-refractivity contribution >= 4 is 11.8 Å². The van der Waals surface area contributed by atoms with Gasteiger partial charge in [-0.2, -0.15) is 0 Å². The second-order valence-corrected chi connectivity index (χ2v) is 7.91. The van der Waals surface area contributed by atoms with Gasteiger partial charge in [-0.05, 0) is 57.4 Å². The Kier molecular flexibility index (Phi) is 6.17. The van der Waals surface area contributed by atoms with Crippen LogP contribution >= 0.6 is 0 Å². The number of halogens is 3. The Morgan fingerprint density at radius 3 is 2.26 bits per heavy atom. The number of nitrogens with zero attached hydrogens (tertiary/aromatic N) is 2. The highest BCUT2D eigenvalue weighted by Crippen LogP contribution is 2.29. The van der Waals surface area contributed by atoms with Crippen LogP contribution in [-0.2, 0) is 4.74 Å². The molecule has 0 N–H and O–H groups in total. The van der Waals surface area contributed by atoms with E-state index in [2.05, 4.69) is 11.7 Å². The van der Waals surface area contributed by atoms with Crippen molar-refractivity contribution in [3.63, 3.8) is 0 Å². The maximum Gasteiger partial charge on any atom is 0.573 e. The zero-order valence-electron chi connectivity index (χ0n) is 16.3. The molecule has 1 heterocycles. The Morgan fingerprint density at radius 2 is 1.78 bits per heavy atom. The summed E-state index contributed by atoms with van der Waals surface area (Å²) in [5.41, 5.74) is 0.265. The molecule has 2 rings (SSSR count). The standard InChI is InChI=1S/C19H27F3N2O3/c1-13-12-24(17(25)27-18(2,3)4)11-10-16(13)23(5)14-6-8-15(9-7-14)26-19(20,21)22/h6-9,13,16H,10-12H2,1-5H3/t13-,16+/m1/s1. The molecule has 2 atom stereocenters. The van der Waals surface area contributed by atoms with E-state index in [0.29, 0.717) is 13.1 Å². The van der Waals surface area contributed by atoms with Crippen molar-refractivity contribution in [2.75, 3.05) is 25.0 Å². The summed E-state index contributed by atoms with van der Waals surface area (Å²) in [5.74, 6) is -0.0604. The van der Waals surface area contributed by atoms with Crippen molar-refractivity contribution in [1.29, 1.82) is 0 Å². The molecule has 5 nitrogen and oxygen atoms in total. The van der Waals surface area contributed by atoms with E-state index in [-0.39, 0.29) is 23.8 Å². The number of piperidine rings is 1. The molecule has 0 radical (unpaired) electrons. The second-order valence-electron chi connectivity index (χ2n) is 7.91. The summed E-state index contributed by atoms with van der Waals surface area (Å²) in [6.07, 6.45) is -4.27. The Hall–Kier alpha value is -2.12. The summed E-state index contributed by atoms with van der Waals surface area (Å²) in [6.45, 7) is 8.70. The van der Waals surface area contributed by atoms with Gasteiger partial charge in [0.2, 0.25) is 0 Å². The molecule has 0 aromatic heterocycles. The maximum absolute atomic E-state index is 12.3. The van der Waals surface area contributed by atoms with E-state index in [1.807, 2.05) is 32.7 Å². The number of benzene rings is 1. The summed E-state index contributed by atoms with van der Waals surface area (Å²) in [7, 11) is 1.91. The highest BCUT2D eigenvalue weighted by Gasteiger charge is 2.34. The Bertz CT molecular complexity index is 641. The Morgan fingerprint density at radius 1 is 1.19 bits per heavy atom. The topological polar surface area (TPSA) is 42.0 Å². The lowest BCUT2D eigenvalue weighted by Crippen LogP contribution is -2.51. The van der Waals surface area contributed by atoms with Gasteiger partial charge in [0.1, 0.15) is 11.4 Å². The van der Waals surface area contributed by atoms with Crippen molar-refractivity contribution in [2.24, 2.45) is 5.92 Å². The van der Waals surface area contributed by atoms with Gasteiger partial charge in [0.15, 0.2) is 0 Å².